The van der Waals surface area contributed by atoms with Crippen LogP contribution in [0.5, 0.6) is 0 Å². The third-order valence-electron chi connectivity index (χ3n) is 5.11. The van der Waals surface area contributed by atoms with E-state index < -0.39 is 11.9 Å². The molecule has 0 bridgehead atoms. The van der Waals surface area contributed by atoms with Crippen LogP contribution < -0.4 is 5.32 Å². The zero-order valence-corrected chi connectivity index (χ0v) is 17.1. The van der Waals surface area contributed by atoms with Gasteiger partial charge in [-0.05, 0) is 50.0 Å². The molecule has 6 nitrogen and oxygen atoms in total. The van der Waals surface area contributed by atoms with Crippen LogP contribution in [0.3, 0.4) is 0 Å². The van der Waals surface area contributed by atoms with Crippen molar-refractivity contribution in [3.05, 3.63) is 34.9 Å². The number of carbonyl (C=O) groups is 2. The number of amides is 2. The van der Waals surface area contributed by atoms with Gasteiger partial charge in [-0.3, -0.25) is 9.69 Å². The minimum Gasteiger partial charge on any atom is -0.481 e. The van der Waals surface area contributed by atoms with Gasteiger partial charge in [0.15, 0.2) is 0 Å². The highest BCUT2D eigenvalue weighted by Crippen LogP contribution is 2.23. The van der Waals surface area contributed by atoms with E-state index in [0.29, 0.717) is 24.5 Å². The maximum atomic E-state index is 12.7. The van der Waals surface area contributed by atoms with Gasteiger partial charge in [-0.15, -0.1) is 0 Å². The Morgan fingerprint density at radius 3 is 2.59 bits per heavy atom. The van der Waals surface area contributed by atoms with Crippen molar-refractivity contribution in [2.75, 3.05) is 33.2 Å². The van der Waals surface area contributed by atoms with E-state index in [4.69, 9.17) is 11.6 Å². The number of likely N-dealkylation sites (N-methyl/N-ethyl adjacent to an activating group) is 1. The van der Waals surface area contributed by atoms with Crippen LogP contribution in [0.25, 0.3) is 0 Å². The van der Waals surface area contributed by atoms with E-state index in [1.54, 1.807) is 4.90 Å². The SMILES string of the molecule is CCCN(C)C(CNC(=O)N1CC(C)CC(C(=O)O)C1)c1ccc(Cl)cc1. The third kappa shape index (κ3) is 6.11. The smallest absolute Gasteiger partial charge is 0.317 e. The van der Waals surface area contributed by atoms with Gasteiger partial charge >= 0.3 is 12.0 Å². The van der Waals surface area contributed by atoms with Crippen molar-refractivity contribution in [3.63, 3.8) is 0 Å². The second-order valence-electron chi connectivity index (χ2n) is 7.52. The van der Waals surface area contributed by atoms with E-state index in [0.717, 1.165) is 18.5 Å². The molecule has 0 aliphatic carbocycles. The first-order valence-corrected chi connectivity index (χ1v) is 9.90. The fraction of sp³-hybridized carbons (Fsp3) is 0.600. The molecule has 1 heterocycles. The van der Waals surface area contributed by atoms with Crippen LogP contribution in [0, 0.1) is 11.8 Å². The number of aliphatic carboxylic acids is 1. The number of piperidine rings is 1. The molecular weight excluding hydrogens is 366 g/mol. The summed E-state index contributed by atoms with van der Waals surface area (Å²) in [5.74, 6) is -1.14. The number of halogens is 1. The number of carbonyl (C=O) groups excluding carboxylic acids is 1. The highest BCUT2D eigenvalue weighted by molar-refractivity contribution is 6.30. The highest BCUT2D eigenvalue weighted by atomic mass is 35.5. The number of carboxylic acid groups (broad SMARTS) is 1. The molecule has 1 aromatic rings. The fourth-order valence-corrected chi connectivity index (χ4v) is 3.84. The number of carboxylic acids is 1. The molecule has 2 rings (SSSR count). The summed E-state index contributed by atoms with van der Waals surface area (Å²) in [6.07, 6.45) is 1.63. The molecule has 0 radical (unpaired) electrons. The molecule has 27 heavy (non-hydrogen) atoms. The summed E-state index contributed by atoms with van der Waals surface area (Å²) in [6, 6.07) is 7.51. The number of hydrogen-bond acceptors (Lipinski definition) is 3. The molecule has 150 valence electrons. The van der Waals surface area contributed by atoms with Crippen molar-refractivity contribution in [2.45, 2.75) is 32.7 Å². The Hall–Kier alpha value is -1.79. The van der Waals surface area contributed by atoms with Crippen molar-refractivity contribution in [1.29, 1.82) is 0 Å². The monoisotopic (exact) mass is 395 g/mol. The largest absolute Gasteiger partial charge is 0.481 e. The van der Waals surface area contributed by atoms with Gasteiger partial charge in [-0.25, -0.2) is 4.79 Å². The molecule has 1 saturated heterocycles. The highest BCUT2D eigenvalue weighted by Gasteiger charge is 2.32. The Balaban J connectivity index is 2.03. The zero-order chi connectivity index (χ0) is 20.0. The van der Waals surface area contributed by atoms with Crippen molar-refractivity contribution < 1.29 is 14.7 Å². The van der Waals surface area contributed by atoms with Gasteiger partial charge in [0.25, 0.3) is 0 Å². The summed E-state index contributed by atoms with van der Waals surface area (Å²) in [6.45, 7) is 6.33. The normalized spacial score (nSPS) is 21.1. The number of urea groups is 1. The molecule has 0 aromatic heterocycles. The van der Waals surface area contributed by atoms with Crippen LogP contribution in [-0.4, -0.2) is 60.1 Å². The quantitative estimate of drug-likeness (QED) is 0.741. The van der Waals surface area contributed by atoms with Crippen LogP contribution in [0.4, 0.5) is 4.79 Å². The summed E-state index contributed by atoms with van der Waals surface area (Å²) in [4.78, 5) is 27.8. The van der Waals surface area contributed by atoms with Crippen LogP contribution in [0.1, 0.15) is 38.3 Å². The Labute approximate surface area is 166 Å². The van der Waals surface area contributed by atoms with E-state index in [-0.39, 0.29) is 24.5 Å². The maximum absolute atomic E-state index is 12.7. The number of rotatable bonds is 7. The molecule has 0 spiro atoms. The van der Waals surface area contributed by atoms with E-state index in [1.807, 2.05) is 38.2 Å². The summed E-state index contributed by atoms with van der Waals surface area (Å²) in [5.41, 5.74) is 1.09. The van der Waals surface area contributed by atoms with Crippen LogP contribution in [0.15, 0.2) is 24.3 Å². The fourth-order valence-electron chi connectivity index (χ4n) is 3.71. The topological polar surface area (TPSA) is 72.9 Å². The van der Waals surface area contributed by atoms with Gasteiger partial charge in [-0.1, -0.05) is 37.6 Å². The maximum Gasteiger partial charge on any atom is 0.317 e. The lowest BCUT2D eigenvalue weighted by molar-refractivity contribution is -0.143. The average Bonchev–Trinajstić information content (AvgIpc) is 2.62. The predicted molar refractivity (Wildman–Crippen MR) is 107 cm³/mol. The van der Waals surface area contributed by atoms with Gasteiger partial charge in [0.05, 0.1) is 12.0 Å². The number of likely N-dealkylation sites (tertiary alicyclic amines) is 1. The summed E-state index contributed by atoms with van der Waals surface area (Å²) in [5, 5.41) is 13.0. The van der Waals surface area contributed by atoms with Crippen molar-refractivity contribution in [1.82, 2.24) is 15.1 Å². The number of nitrogens with one attached hydrogen (secondary N) is 1. The second-order valence-corrected chi connectivity index (χ2v) is 7.95. The van der Waals surface area contributed by atoms with E-state index >= 15 is 0 Å². The minimum absolute atomic E-state index is 0.0312. The van der Waals surface area contributed by atoms with Crippen LogP contribution >= 0.6 is 11.6 Å². The lowest BCUT2D eigenvalue weighted by Crippen LogP contribution is -2.50. The number of nitrogens with zero attached hydrogens (tertiary/aromatic N) is 2. The number of hydrogen-bond donors (Lipinski definition) is 2. The Morgan fingerprint density at radius 2 is 2.00 bits per heavy atom. The van der Waals surface area contributed by atoms with Crippen molar-refractivity contribution >= 4 is 23.6 Å². The first-order valence-electron chi connectivity index (χ1n) is 9.53. The Morgan fingerprint density at radius 1 is 1.33 bits per heavy atom. The van der Waals surface area contributed by atoms with E-state index in [2.05, 4.69) is 17.1 Å². The van der Waals surface area contributed by atoms with Crippen LogP contribution in [0.2, 0.25) is 5.02 Å². The first-order chi connectivity index (χ1) is 12.8. The molecule has 1 aliphatic rings. The third-order valence-corrected chi connectivity index (χ3v) is 5.36. The molecule has 3 atom stereocenters. The van der Waals surface area contributed by atoms with Gasteiger partial charge in [0.1, 0.15) is 0 Å². The van der Waals surface area contributed by atoms with Crippen molar-refractivity contribution in [2.24, 2.45) is 11.8 Å². The summed E-state index contributed by atoms with van der Waals surface area (Å²) in [7, 11) is 2.04. The zero-order valence-electron chi connectivity index (χ0n) is 16.3. The molecule has 2 N–H and O–H groups in total. The molecule has 1 aromatic carbocycles. The minimum atomic E-state index is -0.832. The van der Waals surface area contributed by atoms with Gasteiger partial charge in [0, 0.05) is 24.7 Å². The lowest BCUT2D eigenvalue weighted by Gasteiger charge is -2.35. The van der Waals surface area contributed by atoms with E-state index in [9.17, 15) is 14.7 Å². The predicted octanol–water partition coefficient (Wildman–Crippen LogP) is 3.48. The molecule has 3 unspecified atom stereocenters. The summed E-state index contributed by atoms with van der Waals surface area (Å²) >= 11 is 6.00. The van der Waals surface area contributed by atoms with Crippen LogP contribution in [-0.2, 0) is 4.79 Å². The Bertz CT molecular complexity index is 638. The standard InChI is InChI=1S/C20H30ClN3O3/c1-4-9-23(3)18(15-5-7-17(21)8-6-15)11-22-20(27)24-12-14(2)10-16(13-24)19(25)26/h5-8,14,16,18H,4,9-13H2,1-3H3,(H,22,27)(H,25,26). The lowest BCUT2D eigenvalue weighted by atomic mass is 9.91. The van der Waals surface area contributed by atoms with Crippen molar-refractivity contribution in [3.8, 4) is 0 Å². The number of benzene rings is 1. The van der Waals surface area contributed by atoms with Gasteiger partial charge in [0.2, 0.25) is 0 Å². The Kier molecular flexibility index (Phi) is 7.92. The molecule has 1 fully saturated rings. The molecule has 1 aliphatic heterocycles. The summed E-state index contributed by atoms with van der Waals surface area (Å²) < 4.78 is 0. The second kappa shape index (κ2) is 9.95. The average molecular weight is 396 g/mol. The van der Waals surface area contributed by atoms with Gasteiger partial charge in [-0.2, -0.15) is 0 Å². The molecule has 2 amide bonds. The van der Waals surface area contributed by atoms with E-state index in [1.165, 1.54) is 0 Å². The molecule has 7 heteroatoms. The first kappa shape index (κ1) is 21.5. The van der Waals surface area contributed by atoms with Gasteiger partial charge < -0.3 is 15.3 Å². The molecular formula is C20H30ClN3O3. The molecule has 0 saturated carbocycles.